The molecule has 1 atom stereocenters. The minimum atomic E-state index is 0.123. The molecule has 29 heavy (non-hydrogen) atoms. The van der Waals surface area contributed by atoms with Gasteiger partial charge in [-0.2, -0.15) is 11.8 Å². The zero-order chi connectivity index (χ0) is 20.7. The summed E-state index contributed by atoms with van der Waals surface area (Å²) in [5.41, 5.74) is 1.20. The molecular formula is C25H39NO2S. The van der Waals surface area contributed by atoms with E-state index in [1.54, 1.807) is 0 Å². The molecule has 2 aliphatic rings. The molecule has 3 rings (SSSR count). The Hall–Kier alpha value is -1.16. The summed E-state index contributed by atoms with van der Waals surface area (Å²) >= 11 is 2.16. The van der Waals surface area contributed by atoms with Crippen molar-refractivity contribution in [3.8, 4) is 5.75 Å². The molecule has 4 heteroatoms. The van der Waals surface area contributed by atoms with E-state index in [4.69, 9.17) is 4.74 Å². The number of thioether (sulfide) groups is 1. The molecule has 3 nitrogen and oxygen atoms in total. The largest absolute Gasteiger partial charge is 0.484 e. The van der Waals surface area contributed by atoms with Gasteiger partial charge in [0.1, 0.15) is 5.75 Å². The highest BCUT2D eigenvalue weighted by Gasteiger charge is 2.44. The third-order valence-electron chi connectivity index (χ3n) is 6.75. The molecule has 1 unspecified atom stereocenters. The fraction of sp³-hybridized carbons (Fsp3) is 0.720. The third-order valence-corrected chi connectivity index (χ3v) is 8.48. The minimum Gasteiger partial charge on any atom is -0.484 e. The normalized spacial score (nSPS) is 23.6. The first-order chi connectivity index (χ1) is 14.0. The first-order valence-electron chi connectivity index (χ1n) is 11.6. The van der Waals surface area contributed by atoms with E-state index < -0.39 is 0 Å². The van der Waals surface area contributed by atoms with Crippen LogP contribution in [0, 0.1) is 12.8 Å². The number of benzene rings is 1. The van der Waals surface area contributed by atoms with Crippen LogP contribution < -0.4 is 4.74 Å². The van der Waals surface area contributed by atoms with E-state index in [9.17, 15) is 4.79 Å². The second kappa shape index (κ2) is 10.7. The molecule has 162 valence electrons. The minimum absolute atomic E-state index is 0.123. The van der Waals surface area contributed by atoms with Gasteiger partial charge >= 0.3 is 0 Å². The summed E-state index contributed by atoms with van der Waals surface area (Å²) in [7, 11) is 0. The van der Waals surface area contributed by atoms with Gasteiger partial charge in [-0.25, -0.2) is 0 Å². The molecule has 0 radical (unpaired) electrons. The smallest absolute Gasteiger partial charge is 0.260 e. The third kappa shape index (κ3) is 6.16. The molecule has 0 aromatic heterocycles. The summed E-state index contributed by atoms with van der Waals surface area (Å²) in [4.78, 5) is 15.3. The lowest BCUT2D eigenvalue weighted by Crippen LogP contribution is -2.50. The van der Waals surface area contributed by atoms with Gasteiger partial charge in [0.05, 0.1) is 0 Å². The summed E-state index contributed by atoms with van der Waals surface area (Å²) < 4.78 is 6.09. The van der Waals surface area contributed by atoms with Crippen LogP contribution in [0.4, 0.5) is 0 Å². The van der Waals surface area contributed by atoms with Crippen molar-refractivity contribution < 1.29 is 9.53 Å². The predicted molar refractivity (Wildman–Crippen MR) is 124 cm³/mol. The molecule has 1 aromatic carbocycles. The molecule has 1 aliphatic carbocycles. The van der Waals surface area contributed by atoms with Gasteiger partial charge in [-0.1, -0.05) is 49.8 Å². The predicted octanol–water partition coefficient (Wildman–Crippen LogP) is 6.24. The van der Waals surface area contributed by atoms with Crippen LogP contribution in [0.25, 0.3) is 0 Å². The van der Waals surface area contributed by atoms with Crippen molar-refractivity contribution in [3.63, 3.8) is 0 Å². The van der Waals surface area contributed by atoms with E-state index in [1.165, 1.54) is 69.1 Å². The average Bonchev–Trinajstić information content (AvgIpc) is 3.14. The number of carbonyl (C=O) groups is 1. The maximum Gasteiger partial charge on any atom is 0.260 e. The molecule has 0 bridgehead atoms. The number of hydrogen-bond donors (Lipinski definition) is 0. The standard InChI is InChI=1S/C25H39NO2S/c1-20(2)26(24(27)18-28-23-14-12-21(3)13-15-23)19-25(16-9-17-29-25)22-10-7-5-4-6-8-11-22/h12-15,20,22H,4-11,16-19H2,1-3H3. The number of aryl methyl sites for hydroxylation is 1. The Labute approximate surface area is 182 Å². The summed E-state index contributed by atoms with van der Waals surface area (Å²) in [5, 5.41) is 0. The number of amides is 1. The highest BCUT2D eigenvalue weighted by atomic mass is 32.2. The van der Waals surface area contributed by atoms with E-state index in [-0.39, 0.29) is 23.3 Å². The number of carbonyl (C=O) groups excluding carboxylic acids is 1. The monoisotopic (exact) mass is 417 g/mol. The topological polar surface area (TPSA) is 29.5 Å². The summed E-state index contributed by atoms with van der Waals surface area (Å²) in [6.07, 6.45) is 12.1. The van der Waals surface area contributed by atoms with Gasteiger partial charge in [0.25, 0.3) is 5.91 Å². The van der Waals surface area contributed by atoms with Crippen LogP contribution in [0.3, 0.4) is 0 Å². The Morgan fingerprint density at radius 2 is 1.76 bits per heavy atom. The van der Waals surface area contributed by atoms with Gasteiger partial charge in [-0.3, -0.25) is 4.79 Å². The van der Waals surface area contributed by atoms with Gasteiger partial charge in [-0.05, 0) is 70.3 Å². The van der Waals surface area contributed by atoms with Crippen LogP contribution in [0.2, 0.25) is 0 Å². The second-order valence-electron chi connectivity index (χ2n) is 9.28. The molecule has 1 heterocycles. The highest BCUT2D eigenvalue weighted by molar-refractivity contribution is 8.00. The molecular weight excluding hydrogens is 378 g/mol. The van der Waals surface area contributed by atoms with E-state index in [0.29, 0.717) is 0 Å². The van der Waals surface area contributed by atoms with Crippen LogP contribution >= 0.6 is 11.8 Å². The van der Waals surface area contributed by atoms with E-state index in [0.717, 1.165) is 18.2 Å². The van der Waals surface area contributed by atoms with Gasteiger partial charge in [0.2, 0.25) is 0 Å². The van der Waals surface area contributed by atoms with Crippen LogP contribution in [0.1, 0.15) is 77.2 Å². The number of nitrogens with zero attached hydrogens (tertiary/aromatic N) is 1. The number of hydrogen-bond acceptors (Lipinski definition) is 3. The molecule has 0 N–H and O–H groups in total. The molecule has 2 fully saturated rings. The SMILES string of the molecule is Cc1ccc(OCC(=O)N(CC2(C3CCCCCCC3)CCCS2)C(C)C)cc1. The van der Waals surface area contributed by atoms with E-state index in [1.807, 2.05) is 24.3 Å². The Balaban J connectivity index is 1.67. The Morgan fingerprint density at radius 3 is 2.34 bits per heavy atom. The Kier molecular flexibility index (Phi) is 8.35. The van der Waals surface area contributed by atoms with Crippen molar-refractivity contribution in [1.29, 1.82) is 0 Å². The van der Waals surface area contributed by atoms with Crippen molar-refractivity contribution >= 4 is 17.7 Å². The van der Waals surface area contributed by atoms with Crippen molar-refractivity contribution in [2.75, 3.05) is 18.9 Å². The van der Waals surface area contributed by atoms with Crippen LogP contribution in [-0.4, -0.2) is 40.5 Å². The van der Waals surface area contributed by atoms with Crippen LogP contribution in [0.5, 0.6) is 5.75 Å². The molecule has 1 amide bonds. The maximum absolute atomic E-state index is 13.2. The van der Waals surface area contributed by atoms with Gasteiger partial charge in [0, 0.05) is 17.3 Å². The first kappa shape index (κ1) is 22.5. The van der Waals surface area contributed by atoms with Crippen molar-refractivity contribution in [3.05, 3.63) is 29.8 Å². The second-order valence-corrected chi connectivity index (χ2v) is 10.8. The van der Waals surface area contributed by atoms with E-state index in [2.05, 4.69) is 37.4 Å². The quantitative estimate of drug-likeness (QED) is 0.526. The molecule has 1 saturated heterocycles. The first-order valence-corrected chi connectivity index (χ1v) is 12.6. The molecule has 1 aliphatic heterocycles. The van der Waals surface area contributed by atoms with Crippen LogP contribution in [0.15, 0.2) is 24.3 Å². The van der Waals surface area contributed by atoms with Gasteiger partial charge in [-0.15, -0.1) is 0 Å². The zero-order valence-electron chi connectivity index (χ0n) is 18.6. The Morgan fingerprint density at radius 1 is 1.10 bits per heavy atom. The maximum atomic E-state index is 13.2. The molecule has 0 spiro atoms. The lowest BCUT2D eigenvalue weighted by molar-refractivity contribution is -0.135. The van der Waals surface area contributed by atoms with E-state index >= 15 is 0 Å². The van der Waals surface area contributed by atoms with Crippen LogP contribution in [-0.2, 0) is 4.79 Å². The van der Waals surface area contributed by atoms with Crippen molar-refractivity contribution in [2.45, 2.75) is 89.3 Å². The fourth-order valence-corrected chi connectivity index (χ4v) is 6.67. The molecule has 1 saturated carbocycles. The number of rotatable bonds is 7. The van der Waals surface area contributed by atoms with Crippen molar-refractivity contribution in [2.24, 2.45) is 5.92 Å². The van der Waals surface area contributed by atoms with Gasteiger partial charge < -0.3 is 9.64 Å². The number of ether oxygens (including phenoxy) is 1. The summed E-state index contributed by atoms with van der Waals surface area (Å²) in [6.45, 7) is 7.37. The average molecular weight is 418 g/mol. The van der Waals surface area contributed by atoms with Crippen molar-refractivity contribution in [1.82, 2.24) is 4.90 Å². The lowest BCUT2D eigenvalue weighted by atomic mass is 9.78. The summed E-state index contributed by atoms with van der Waals surface area (Å²) in [6, 6.07) is 8.16. The fourth-order valence-electron chi connectivity index (χ4n) is 4.99. The van der Waals surface area contributed by atoms with Gasteiger partial charge in [0.15, 0.2) is 6.61 Å². The molecule has 1 aromatic rings. The summed E-state index contributed by atoms with van der Waals surface area (Å²) in [5.74, 6) is 2.90. The lowest BCUT2D eigenvalue weighted by Gasteiger charge is -2.43. The zero-order valence-corrected chi connectivity index (χ0v) is 19.4. The Bertz CT molecular complexity index is 629. The highest BCUT2D eigenvalue weighted by Crippen LogP contribution is 2.49.